The smallest absolute Gasteiger partial charge is 0.338 e. The van der Waals surface area contributed by atoms with Crippen LogP contribution in [0.5, 0.6) is 0 Å². The second-order valence-electron chi connectivity index (χ2n) is 7.07. The Morgan fingerprint density at radius 2 is 1.81 bits per heavy atom. The molecule has 0 radical (unpaired) electrons. The number of carbonyl (C=O) groups excluding carboxylic acids is 2. The van der Waals surface area contributed by atoms with Crippen molar-refractivity contribution in [3.05, 3.63) is 99.2 Å². The van der Waals surface area contributed by atoms with E-state index in [0.717, 1.165) is 10.1 Å². The van der Waals surface area contributed by atoms with E-state index in [1.165, 1.54) is 12.1 Å². The molecule has 31 heavy (non-hydrogen) atoms. The van der Waals surface area contributed by atoms with Crippen LogP contribution in [0.2, 0.25) is 0 Å². The van der Waals surface area contributed by atoms with Crippen molar-refractivity contribution in [3.8, 4) is 0 Å². The molecule has 156 valence electrons. The minimum atomic E-state index is -0.600. The number of ether oxygens (including phenoxy) is 1. The predicted molar refractivity (Wildman–Crippen MR) is 113 cm³/mol. The molecule has 0 spiro atoms. The first-order chi connectivity index (χ1) is 14.9. The van der Waals surface area contributed by atoms with Gasteiger partial charge in [0, 0.05) is 23.4 Å². The molecule has 0 aliphatic carbocycles. The normalized spacial score (nSPS) is 10.8. The fourth-order valence-electron chi connectivity index (χ4n) is 3.08. The number of hydrogen-bond donors (Lipinski definition) is 1. The number of nitrogens with zero attached hydrogens (tertiary/aromatic N) is 2. The molecule has 0 saturated heterocycles. The lowest BCUT2D eigenvalue weighted by atomic mass is 10.1. The molecule has 0 aliphatic rings. The quantitative estimate of drug-likeness (QED) is 0.499. The van der Waals surface area contributed by atoms with Crippen molar-refractivity contribution in [2.24, 2.45) is 0 Å². The minimum absolute atomic E-state index is 0.172. The van der Waals surface area contributed by atoms with Crippen LogP contribution in [-0.2, 0) is 11.3 Å². The summed E-state index contributed by atoms with van der Waals surface area (Å²) in [5.74, 6) is -0.331. The zero-order chi connectivity index (χ0) is 22.0. The first kappa shape index (κ1) is 20.1. The number of carbonyl (C=O) groups is 2. The maximum Gasteiger partial charge on any atom is 0.338 e. The molecule has 0 unspecified atom stereocenters. The van der Waals surface area contributed by atoms with Crippen molar-refractivity contribution in [2.75, 3.05) is 5.32 Å². The van der Waals surface area contributed by atoms with E-state index < -0.39 is 11.5 Å². The molecule has 4 rings (SSSR count). The van der Waals surface area contributed by atoms with Gasteiger partial charge in [-0.2, -0.15) is 0 Å². The average Bonchev–Trinajstić information content (AvgIpc) is 3.13. The van der Waals surface area contributed by atoms with Crippen molar-refractivity contribution in [3.63, 3.8) is 0 Å². The van der Waals surface area contributed by atoms with E-state index in [1.54, 1.807) is 49.4 Å². The Hall–Kier alpha value is -4.20. The SMILES string of the molecule is Cc1cccc(C(=O)Nc2cccc(C(=O)OCc3cc(=O)n4oc(C)cc4n3)c2)c1. The predicted octanol–water partition coefficient (Wildman–Crippen LogP) is 3.51. The van der Waals surface area contributed by atoms with Crippen molar-refractivity contribution in [1.29, 1.82) is 0 Å². The van der Waals surface area contributed by atoms with Crippen LogP contribution in [0, 0.1) is 13.8 Å². The van der Waals surface area contributed by atoms with E-state index in [1.807, 2.05) is 13.0 Å². The Morgan fingerprint density at radius 3 is 2.61 bits per heavy atom. The second-order valence-corrected chi connectivity index (χ2v) is 7.07. The summed E-state index contributed by atoms with van der Waals surface area (Å²) in [4.78, 5) is 41.2. The summed E-state index contributed by atoms with van der Waals surface area (Å²) in [6.45, 7) is 3.44. The Labute approximate surface area is 177 Å². The van der Waals surface area contributed by atoms with Crippen LogP contribution in [0.3, 0.4) is 0 Å². The maximum absolute atomic E-state index is 12.5. The zero-order valence-electron chi connectivity index (χ0n) is 16.9. The van der Waals surface area contributed by atoms with Crippen LogP contribution in [0.1, 0.15) is 37.7 Å². The molecule has 2 aromatic heterocycles. The minimum Gasteiger partial charge on any atom is -0.456 e. The molecular formula is C23H19N3O5. The number of benzene rings is 2. The third-order valence-electron chi connectivity index (χ3n) is 4.51. The van der Waals surface area contributed by atoms with Crippen LogP contribution in [0.4, 0.5) is 5.69 Å². The average molecular weight is 417 g/mol. The van der Waals surface area contributed by atoms with Gasteiger partial charge in [-0.1, -0.05) is 23.8 Å². The van der Waals surface area contributed by atoms with Gasteiger partial charge in [0.2, 0.25) is 0 Å². The van der Waals surface area contributed by atoms with Gasteiger partial charge < -0.3 is 14.6 Å². The Morgan fingerprint density at radius 1 is 1.03 bits per heavy atom. The molecular weight excluding hydrogens is 398 g/mol. The maximum atomic E-state index is 12.5. The molecule has 8 heteroatoms. The standard InChI is InChI=1S/C23H19N3O5/c1-14-5-3-6-16(9-14)22(28)25-18-8-4-7-17(11-18)23(29)30-13-19-12-21(27)26-20(24-19)10-15(2)31-26/h3-12H,13H2,1-2H3,(H,25,28). The van der Waals surface area contributed by atoms with Gasteiger partial charge in [-0.25, -0.2) is 9.78 Å². The van der Waals surface area contributed by atoms with Crippen LogP contribution in [0.15, 0.2) is 70.0 Å². The lowest BCUT2D eigenvalue weighted by Gasteiger charge is -2.08. The lowest BCUT2D eigenvalue weighted by molar-refractivity contribution is 0.0467. The summed E-state index contributed by atoms with van der Waals surface area (Å²) in [7, 11) is 0. The van der Waals surface area contributed by atoms with Crippen molar-refractivity contribution in [1.82, 2.24) is 9.56 Å². The molecule has 8 nitrogen and oxygen atoms in total. The third-order valence-corrected chi connectivity index (χ3v) is 4.51. The van der Waals surface area contributed by atoms with E-state index in [-0.39, 0.29) is 18.1 Å². The van der Waals surface area contributed by atoms with E-state index in [0.29, 0.717) is 28.4 Å². The van der Waals surface area contributed by atoms with E-state index in [4.69, 9.17) is 9.26 Å². The number of rotatable bonds is 5. The monoisotopic (exact) mass is 417 g/mol. The highest BCUT2D eigenvalue weighted by atomic mass is 16.5. The van der Waals surface area contributed by atoms with Gasteiger partial charge in [-0.3, -0.25) is 9.59 Å². The van der Waals surface area contributed by atoms with E-state index in [2.05, 4.69) is 10.3 Å². The Kier molecular flexibility index (Phi) is 5.36. The first-order valence-corrected chi connectivity index (χ1v) is 9.54. The highest BCUT2D eigenvalue weighted by Crippen LogP contribution is 2.15. The third kappa shape index (κ3) is 4.53. The fourth-order valence-corrected chi connectivity index (χ4v) is 3.08. The molecule has 4 aromatic rings. The van der Waals surface area contributed by atoms with E-state index in [9.17, 15) is 14.4 Å². The van der Waals surface area contributed by atoms with E-state index >= 15 is 0 Å². The summed E-state index contributed by atoms with van der Waals surface area (Å²) >= 11 is 0. The van der Waals surface area contributed by atoms with Gasteiger partial charge in [-0.15, -0.1) is 4.57 Å². The number of esters is 1. The molecule has 0 aliphatic heterocycles. The summed E-state index contributed by atoms with van der Waals surface area (Å²) < 4.78 is 11.6. The van der Waals surface area contributed by atoms with Gasteiger partial charge in [0.05, 0.1) is 11.3 Å². The highest BCUT2D eigenvalue weighted by molar-refractivity contribution is 6.05. The molecule has 0 fully saturated rings. The largest absolute Gasteiger partial charge is 0.456 e. The summed E-state index contributed by atoms with van der Waals surface area (Å²) in [6, 6.07) is 16.5. The van der Waals surface area contributed by atoms with Gasteiger partial charge in [-0.05, 0) is 44.2 Å². The van der Waals surface area contributed by atoms with Crippen LogP contribution in [-0.4, -0.2) is 21.4 Å². The second kappa shape index (κ2) is 8.27. The van der Waals surface area contributed by atoms with Gasteiger partial charge in [0.25, 0.3) is 11.5 Å². The topological polar surface area (TPSA) is 103 Å². The molecule has 2 heterocycles. The lowest BCUT2D eigenvalue weighted by Crippen LogP contribution is -2.15. The molecule has 0 bridgehead atoms. The van der Waals surface area contributed by atoms with Crippen LogP contribution >= 0.6 is 0 Å². The van der Waals surface area contributed by atoms with Gasteiger partial charge >= 0.3 is 5.97 Å². The summed E-state index contributed by atoms with van der Waals surface area (Å²) in [5, 5.41) is 2.77. The number of fused-ring (bicyclic) bond motifs is 1. The first-order valence-electron chi connectivity index (χ1n) is 9.54. The number of hydrogen-bond acceptors (Lipinski definition) is 6. The number of aromatic nitrogens is 2. The van der Waals surface area contributed by atoms with Gasteiger partial charge in [0.15, 0.2) is 5.65 Å². The number of nitrogens with one attached hydrogen (secondary N) is 1. The molecule has 1 amide bonds. The summed E-state index contributed by atoms with van der Waals surface area (Å²) in [6.07, 6.45) is 0. The van der Waals surface area contributed by atoms with Crippen molar-refractivity contribution >= 4 is 23.2 Å². The molecule has 2 aromatic carbocycles. The van der Waals surface area contributed by atoms with Gasteiger partial charge in [0.1, 0.15) is 12.4 Å². The Balaban J connectivity index is 1.44. The Bertz CT molecular complexity index is 1350. The number of anilines is 1. The molecule has 0 atom stereocenters. The van der Waals surface area contributed by atoms with Crippen molar-refractivity contribution < 1.29 is 18.8 Å². The molecule has 1 N–H and O–H groups in total. The van der Waals surface area contributed by atoms with Crippen LogP contribution < -0.4 is 10.9 Å². The number of aryl methyl sites for hydroxylation is 2. The number of amides is 1. The highest BCUT2D eigenvalue weighted by Gasteiger charge is 2.13. The van der Waals surface area contributed by atoms with Crippen LogP contribution in [0.25, 0.3) is 5.65 Å². The summed E-state index contributed by atoms with van der Waals surface area (Å²) in [5.41, 5.74) is 2.48. The molecule has 0 saturated carbocycles. The van der Waals surface area contributed by atoms with Crippen molar-refractivity contribution in [2.45, 2.75) is 20.5 Å². The zero-order valence-corrected chi connectivity index (χ0v) is 16.9. The fraction of sp³-hybridized carbons (Fsp3) is 0.130.